The quantitative estimate of drug-likeness (QED) is 0.238. The summed E-state index contributed by atoms with van der Waals surface area (Å²) in [5.74, 6) is 0. The number of aliphatic imine (C=N–C) groups is 4. The van der Waals surface area contributed by atoms with Gasteiger partial charge < -0.3 is 10.2 Å². The highest BCUT2D eigenvalue weighted by Crippen LogP contribution is 2.36. The number of aliphatic hydroxyl groups is 2. The van der Waals surface area contributed by atoms with Crippen LogP contribution in [-0.2, 0) is 0 Å². The smallest absolute Gasteiger partial charge is 0.0729 e. The summed E-state index contributed by atoms with van der Waals surface area (Å²) in [6.45, 7) is 7.80. The van der Waals surface area contributed by atoms with Crippen molar-refractivity contribution in [2.24, 2.45) is 20.0 Å². The van der Waals surface area contributed by atoms with E-state index in [-0.39, 0.29) is 0 Å². The minimum absolute atomic E-state index is 0.435. The molecule has 0 amide bonds. The second kappa shape index (κ2) is 12.0. The van der Waals surface area contributed by atoms with Crippen molar-refractivity contribution in [1.82, 2.24) is 0 Å². The van der Waals surface area contributed by atoms with Gasteiger partial charge in [-0.3, -0.25) is 20.0 Å². The molecule has 1 heterocycles. The molecule has 40 heavy (non-hydrogen) atoms. The van der Waals surface area contributed by atoms with Gasteiger partial charge in [0.1, 0.15) is 0 Å². The zero-order valence-electron chi connectivity index (χ0n) is 23.6. The molecular weight excluding hydrogens is 496 g/mol. The Morgan fingerprint density at radius 3 is 0.950 bits per heavy atom. The lowest BCUT2D eigenvalue weighted by Crippen LogP contribution is -2.15. The highest BCUT2D eigenvalue weighted by atomic mass is 16.3. The number of rotatable bonds is 0. The number of nitrogens with zero attached hydrogens (tertiary/aromatic N) is 4. The molecule has 2 N–H and O–H groups in total. The highest BCUT2D eigenvalue weighted by molar-refractivity contribution is 6.06. The summed E-state index contributed by atoms with van der Waals surface area (Å²) < 4.78 is 0. The Morgan fingerprint density at radius 2 is 0.700 bits per heavy atom. The molecule has 6 nitrogen and oxygen atoms in total. The summed E-state index contributed by atoms with van der Waals surface area (Å²) in [7, 11) is 0. The Labute approximate surface area is 235 Å². The third kappa shape index (κ3) is 6.41. The molecular formula is C34H36N4O2. The first-order chi connectivity index (χ1) is 19.3. The van der Waals surface area contributed by atoms with Crippen LogP contribution in [0.1, 0.15) is 53.4 Å². The Morgan fingerprint density at radius 1 is 0.450 bits per heavy atom. The van der Waals surface area contributed by atoms with Gasteiger partial charge in [-0.05, 0) is 62.7 Å². The molecule has 204 valence electrons. The molecule has 1 aliphatic heterocycles. The van der Waals surface area contributed by atoms with E-state index in [9.17, 15) is 10.2 Å². The molecule has 0 fully saturated rings. The van der Waals surface area contributed by atoms with Crippen LogP contribution in [0.5, 0.6) is 0 Å². The van der Waals surface area contributed by atoms with Crippen LogP contribution in [0.2, 0.25) is 0 Å². The van der Waals surface area contributed by atoms with Crippen LogP contribution in [-0.4, -0.2) is 45.3 Å². The van der Waals surface area contributed by atoms with E-state index in [1.165, 1.54) is 0 Å². The fourth-order valence-electron chi connectivity index (χ4n) is 5.49. The maximum Gasteiger partial charge on any atom is 0.0729 e. The van der Waals surface area contributed by atoms with Gasteiger partial charge in [0.2, 0.25) is 0 Å². The fraction of sp³-hybridized carbons (Fsp3) is 0.294. The van der Waals surface area contributed by atoms with E-state index in [0.717, 1.165) is 67.1 Å². The minimum atomic E-state index is -0.607. The van der Waals surface area contributed by atoms with Gasteiger partial charge in [0.05, 0.1) is 35.0 Å². The molecule has 0 unspecified atom stereocenters. The first-order valence-corrected chi connectivity index (χ1v) is 13.8. The Balaban J connectivity index is 1.61. The molecule has 0 aliphatic carbocycles. The van der Waals surface area contributed by atoms with Crippen molar-refractivity contribution in [1.29, 1.82) is 0 Å². The van der Waals surface area contributed by atoms with E-state index >= 15 is 0 Å². The summed E-state index contributed by atoms with van der Waals surface area (Å²) in [5.41, 5.74) is 6.63. The third-order valence-corrected chi connectivity index (χ3v) is 7.09. The van der Waals surface area contributed by atoms with Crippen LogP contribution in [0, 0.1) is 0 Å². The van der Waals surface area contributed by atoms with Crippen molar-refractivity contribution < 1.29 is 10.2 Å². The van der Waals surface area contributed by atoms with Crippen molar-refractivity contribution in [3.05, 3.63) is 72.8 Å². The van der Waals surface area contributed by atoms with Gasteiger partial charge in [0.15, 0.2) is 0 Å². The van der Waals surface area contributed by atoms with Crippen LogP contribution in [0.25, 0.3) is 21.5 Å². The number of hydrogen-bond acceptors (Lipinski definition) is 6. The van der Waals surface area contributed by atoms with Gasteiger partial charge in [0, 0.05) is 59.3 Å². The van der Waals surface area contributed by atoms with Gasteiger partial charge in [-0.2, -0.15) is 0 Å². The monoisotopic (exact) mass is 532 g/mol. The zero-order chi connectivity index (χ0) is 28.2. The fourth-order valence-corrected chi connectivity index (χ4v) is 5.49. The van der Waals surface area contributed by atoms with Crippen molar-refractivity contribution in [3.63, 3.8) is 0 Å². The Hall–Kier alpha value is -4.00. The molecule has 0 saturated heterocycles. The van der Waals surface area contributed by atoms with Gasteiger partial charge in [-0.15, -0.1) is 0 Å². The summed E-state index contributed by atoms with van der Waals surface area (Å²) in [5, 5.41) is 25.9. The Bertz CT molecular complexity index is 1440. The first kappa shape index (κ1) is 27.6. The number of hydrogen-bond donors (Lipinski definition) is 2. The van der Waals surface area contributed by atoms with Crippen LogP contribution in [0.3, 0.4) is 0 Å². The zero-order valence-corrected chi connectivity index (χ0v) is 23.6. The molecule has 4 aromatic rings. The molecule has 0 aromatic heterocycles. The van der Waals surface area contributed by atoms with Crippen molar-refractivity contribution in [3.8, 4) is 0 Å². The van der Waals surface area contributed by atoms with Gasteiger partial charge in [0.25, 0.3) is 0 Å². The molecule has 0 radical (unpaired) electrons. The largest absolute Gasteiger partial charge is 0.392 e. The molecule has 1 aliphatic rings. The lowest BCUT2D eigenvalue weighted by atomic mass is 10.0. The number of benzene rings is 4. The predicted octanol–water partition coefficient (Wildman–Crippen LogP) is 8.36. The van der Waals surface area contributed by atoms with Gasteiger partial charge >= 0.3 is 0 Å². The summed E-state index contributed by atoms with van der Waals surface area (Å²) >= 11 is 0. The third-order valence-electron chi connectivity index (χ3n) is 7.09. The second-order valence-corrected chi connectivity index (χ2v) is 10.8. The standard InChI is InChI=1S/C34H36N4O2/c1-21-17-27(39)18-22(2)36-31-15-7-11-26-12-8-16-32(34(26)31)38-24(4)20-28(40)19-23(3)37-30-14-6-10-25-9-5-13-29(35-21)33(25)30/h5-16,27-28,39-40H,17-20H2,1-4H3/b35-21+,36-22+,37-23+,38-24+. The lowest BCUT2D eigenvalue weighted by molar-refractivity contribution is 0.190. The molecule has 5 rings (SSSR count). The topological polar surface area (TPSA) is 89.9 Å². The van der Waals surface area contributed by atoms with E-state index in [0.29, 0.717) is 25.7 Å². The molecule has 6 heteroatoms. The summed E-state index contributed by atoms with van der Waals surface area (Å²) in [4.78, 5) is 19.7. The van der Waals surface area contributed by atoms with Gasteiger partial charge in [-0.25, -0.2) is 0 Å². The van der Waals surface area contributed by atoms with E-state index < -0.39 is 12.2 Å². The van der Waals surface area contributed by atoms with Crippen LogP contribution >= 0.6 is 0 Å². The van der Waals surface area contributed by atoms with E-state index in [2.05, 4.69) is 24.3 Å². The normalized spacial score (nSPS) is 24.6. The molecule has 0 saturated carbocycles. The maximum atomic E-state index is 11.0. The van der Waals surface area contributed by atoms with Crippen molar-refractivity contribution in [2.45, 2.75) is 65.6 Å². The molecule has 0 spiro atoms. The lowest BCUT2D eigenvalue weighted by Gasteiger charge is -2.14. The predicted molar refractivity (Wildman–Crippen MR) is 169 cm³/mol. The van der Waals surface area contributed by atoms with Gasteiger partial charge in [-0.1, -0.05) is 48.5 Å². The number of aliphatic hydroxyl groups excluding tert-OH is 2. The SMILES string of the molecule is C/C1=N\c2cccc3cccc(c23)/N=C(\C)CC(O)C/C(C)=N/c2cccc3cccc(c23)/N=C(\C)CC(O)C1. The first-order valence-electron chi connectivity index (χ1n) is 13.8. The Kier molecular flexibility index (Phi) is 8.29. The molecule has 0 atom stereocenters. The second-order valence-electron chi connectivity index (χ2n) is 10.8. The summed E-state index contributed by atoms with van der Waals surface area (Å²) in [6.07, 6.45) is 0.524. The molecule has 4 aromatic carbocycles. The van der Waals surface area contributed by atoms with E-state index in [4.69, 9.17) is 20.0 Å². The average Bonchev–Trinajstić information content (AvgIpc) is 2.88. The molecule has 0 bridgehead atoms. The maximum absolute atomic E-state index is 11.0. The highest BCUT2D eigenvalue weighted by Gasteiger charge is 2.14. The van der Waals surface area contributed by atoms with Crippen LogP contribution in [0.4, 0.5) is 22.7 Å². The average molecular weight is 533 g/mol. The van der Waals surface area contributed by atoms with Crippen LogP contribution in [0.15, 0.2) is 92.8 Å². The van der Waals surface area contributed by atoms with Crippen LogP contribution < -0.4 is 0 Å². The van der Waals surface area contributed by atoms with Crippen molar-refractivity contribution in [2.75, 3.05) is 0 Å². The van der Waals surface area contributed by atoms with E-state index in [1.54, 1.807) is 0 Å². The minimum Gasteiger partial charge on any atom is -0.392 e. The summed E-state index contributed by atoms with van der Waals surface area (Å²) in [6, 6.07) is 24.1. The van der Waals surface area contributed by atoms with E-state index in [1.807, 2.05) is 76.2 Å². The van der Waals surface area contributed by atoms with Crippen molar-refractivity contribution >= 4 is 67.1 Å².